The molecule has 0 spiro atoms. The molecule has 0 unspecified atom stereocenters. The molecule has 16 heavy (non-hydrogen) atoms. The van der Waals surface area contributed by atoms with Crippen LogP contribution in [0.4, 0.5) is 0 Å². The number of nitrogens with zero attached hydrogens (tertiary/aromatic N) is 2. The van der Waals surface area contributed by atoms with Crippen molar-refractivity contribution in [3.8, 4) is 6.07 Å². The van der Waals surface area contributed by atoms with E-state index in [4.69, 9.17) is 0 Å². The van der Waals surface area contributed by atoms with E-state index in [0.29, 0.717) is 0 Å². The van der Waals surface area contributed by atoms with Crippen LogP contribution in [0.5, 0.6) is 0 Å². The molecule has 78 valence electrons. The first-order valence-corrected chi connectivity index (χ1v) is 5.31. The number of benzene rings is 1. The van der Waals surface area contributed by atoms with Gasteiger partial charge in [-0.05, 0) is 24.0 Å². The largest absolute Gasteiger partial charge is 0.347 e. The fourth-order valence-electron chi connectivity index (χ4n) is 2.46. The van der Waals surface area contributed by atoms with E-state index in [9.17, 15) is 5.26 Å². The van der Waals surface area contributed by atoms with Gasteiger partial charge in [-0.1, -0.05) is 24.3 Å². The number of H-pyrrole nitrogens is 1. The number of fused-ring (bicyclic) bond motifs is 1. The van der Waals surface area contributed by atoms with Crippen LogP contribution in [-0.4, -0.2) is 9.97 Å². The lowest BCUT2D eigenvalue weighted by Gasteiger charge is -2.17. The standard InChI is InChI=1S/C13H11N3/c14-8-13(12-7-15-9-16-12)5-10-3-1-2-4-11(10)6-13/h1-4,7,9H,5-6H2,(H,15,16). The second-order valence-corrected chi connectivity index (χ2v) is 4.28. The van der Waals surface area contributed by atoms with Gasteiger partial charge in [-0.15, -0.1) is 0 Å². The van der Waals surface area contributed by atoms with Gasteiger partial charge in [-0.2, -0.15) is 5.26 Å². The van der Waals surface area contributed by atoms with Gasteiger partial charge in [0, 0.05) is 6.20 Å². The molecule has 0 fully saturated rings. The number of rotatable bonds is 1. The lowest BCUT2D eigenvalue weighted by molar-refractivity contribution is 0.570. The second-order valence-electron chi connectivity index (χ2n) is 4.28. The maximum absolute atomic E-state index is 9.46. The van der Waals surface area contributed by atoms with Crippen LogP contribution in [0.25, 0.3) is 0 Å². The Labute approximate surface area is 93.8 Å². The molecule has 0 atom stereocenters. The van der Waals surface area contributed by atoms with Gasteiger partial charge in [0.1, 0.15) is 5.41 Å². The van der Waals surface area contributed by atoms with Gasteiger partial charge < -0.3 is 4.98 Å². The molecule has 1 heterocycles. The summed E-state index contributed by atoms with van der Waals surface area (Å²) < 4.78 is 0. The van der Waals surface area contributed by atoms with Crippen molar-refractivity contribution in [1.29, 1.82) is 5.26 Å². The number of imidazole rings is 1. The maximum atomic E-state index is 9.46. The van der Waals surface area contributed by atoms with Crippen molar-refractivity contribution in [1.82, 2.24) is 9.97 Å². The molecule has 3 rings (SSSR count). The summed E-state index contributed by atoms with van der Waals surface area (Å²) in [5.41, 5.74) is 3.03. The molecule has 3 heteroatoms. The summed E-state index contributed by atoms with van der Waals surface area (Å²) in [4.78, 5) is 7.09. The minimum absolute atomic E-state index is 0.444. The minimum Gasteiger partial charge on any atom is -0.347 e. The third-order valence-corrected chi connectivity index (χ3v) is 3.33. The Morgan fingerprint density at radius 2 is 1.94 bits per heavy atom. The van der Waals surface area contributed by atoms with Crippen LogP contribution in [0.1, 0.15) is 16.8 Å². The average molecular weight is 209 g/mol. The van der Waals surface area contributed by atoms with Crippen LogP contribution >= 0.6 is 0 Å². The lowest BCUT2D eigenvalue weighted by Crippen LogP contribution is -2.25. The van der Waals surface area contributed by atoms with Crippen molar-refractivity contribution >= 4 is 0 Å². The van der Waals surface area contributed by atoms with Crippen molar-refractivity contribution < 1.29 is 0 Å². The van der Waals surface area contributed by atoms with Gasteiger partial charge in [0.2, 0.25) is 0 Å². The molecule has 0 amide bonds. The van der Waals surface area contributed by atoms with Gasteiger partial charge in [0.05, 0.1) is 18.1 Å². The summed E-state index contributed by atoms with van der Waals surface area (Å²) >= 11 is 0. The number of hydrogen-bond donors (Lipinski definition) is 1. The summed E-state index contributed by atoms with van der Waals surface area (Å²) in [5, 5.41) is 9.46. The van der Waals surface area contributed by atoms with Gasteiger partial charge in [0.15, 0.2) is 0 Å². The molecule has 0 bridgehead atoms. The molecule has 1 aromatic carbocycles. The lowest BCUT2D eigenvalue weighted by atomic mass is 9.83. The molecule has 3 nitrogen and oxygen atoms in total. The molecule has 1 aromatic heterocycles. The molecule has 0 saturated heterocycles. The summed E-state index contributed by atoms with van der Waals surface area (Å²) in [5.74, 6) is 0. The molecular formula is C13H11N3. The van der Waals surface area contributed by atoms with E-state index in [2.05, 4.69) is 28.2 Å². The summed E-state index contributed by atoms with van der Waals surface area (Å²) in [6.07, 6.45) is 4.95. The van der Waals surface area contributed by atoms with Gasteiger partial charge >= 0.3 is 0 Å². The van der Waals surface area contributed by atoms with E-state index in [0.717, 1.165) is 18.5 Å². The highest BCUT2D eigenvalue weighted by molar-refractivity contribution is 5.43. The number of hydrogen-bond acceptors (Lipinski definition) is 2. The number of aromatic nitrogens is 2. The third-order valence-electron chi connectivity index (χ3n) is 3.33. The predicted octanol–water partition coefficient (Wildman–Crippen LogP) is 1.97. The number of nitrogens with one attached hydrogen (secondary N) is 1. The molecular weight excluding hydrogens is 198 g/mol. The van der Waals surface area contributed by atoms with Gasteiger partial charge in [-0.25, -0.2) is 4.98 Å². The topological polar surface area (TPSA) is 52.5 Å². The predicted molar refractivity (Wildman–Crippen MR) is 59.7 cm³/mol. The van der Waals surface area contributed by atoms with Crippen molar-refractivity contribution in [3.05, 3.63) is 53.6 Å². The van der Waals surface area contributed by atoms with Crippen LogP contribution in [0.15, 0.2) is 36.8 Å². The van der Waals surface area contributed by atoms with Crippen molar-refractivity contribution in [2.45, 2.75) is 18.3 Å². The molecule has 1 aliphatic rings. The van der Waals surface area contributed by atoms with Crippen molar-refractivity contribution in [2.75, 3.05) is 0 Å². The van der Waals surface area contributed by atoms with E-state index in [-0.39, 0.29) is 0 Å². The Balaban J connectivity index is 2.08. The van der Waals surface area contributed by atoms with Crippen molar-refractivity contribution in [3.63, 3.8) is 0 Å². The zero-order valence-corrected chi connectivity index (χ0v) is 8.77. The van der Waals surface area contributed by atoms with E-state index in [1.807, 2.05) is 12.1 Å². The van der Waals surface area contributed by atoms with Gasteiger partial charge in [-0.3, -0.25) is 0 Å². The number of nitriles is 1. The highest BCUT2D eigenvalue weighted by atomic mass is 14.9. The SMILES string of the molecule is N#CC1(c2cnc[nH]2)Cc2ccccc2C1. The second kappa shape index (κ2) is 3.21. The quantitative estimate of drug-likeness (QED) is 0.780. The molecule has 0 aliphatic heterocycles. The fourth-order valence-corrected chi connectivity index (χ4v) is 2.46. The normalized spacial score (nSPS) is 16.7. The Bertz CT molecular complexity index is 524. The Hall–Kier alpha value is -2.08. The molecule has 2 aromatic rings. The Morgan fingerprint density at radius 1 is 1.25 bits per heavy atom. The third kappa shape index (κ3) is 1.17. The van der Waals surface area contributed by atoms with E-state index in [1.54, 1.807) is 12.5 Å². The molecule has 0 radical (unpaired) electrons. The zero-order chi connectivity index (χ0) is 11.0. The van der Waals surface area contributed by atoms with E-state index < -0.39 is 5.41 Å². The van der Waals surface area contributed by atoms with Gasteiger partial charge in [0.25, 0.3) is 0 Å². The maximum Gasteiger partial charge on any atom is 0.107 e. The highest BCUT2D eigenvalue weighted by Crippen LogP contribution is 2.38. The van der Waals surface area contributed by atoms with E-state index in [1.165, 1.54) is 11.1 Å². The smallest absolute Gasteiger partial charge is 0.107 e. The average Bonchev–Trinajstić information content (AvgIpc) is 2.96. The van der Waals surface area contributed by atoms with Crippen LogP contribution in [-0.2, 0) is 18.3 Å². The number of aromatic amines is 1. The monoisotopic (exact) mass is 209 g/mol. The highest BCUT2D eigenvalue weighted by Gasteiger charge is 2.40. The fraction of sp³-hybridized carbons (Fsp3) is 0.231. The zero-order valence-electron chi connectivity index (χ0n) is 8.77. The first-order chi connectivity index (χ1) is 7.84. The summed E-state index contributed by atoms with van der Waals surface area (Å²) in [7, 11) is 0. The first-order valence-electron chi connectivity index (χ1n) is 5.31. The van der Waals surface area contributed by atoms with Crippen molar-refractivity contribution in [2.24, 2.45) is 0 Å². The molecule has 0 saturated carbocycles. The molecule has 1 N–H and O–H groups in total. The molecule has 1 aliphatic carbocycles. The van der Waals surface area contributed by atoms with E-state index >= 15 is 0 Å². The van der Waals surface area contributed by atoms with Crippen LogP contribution in [0, 0.1) is 11.3 Å². The van der Waals surface area contributed by atoms with Crippen LogP contribution < -0.4 is 0 Å². The Kier molecular flexibility index (Phi) is 1.84. The summed E-state index contributed by atoms with van der Waals surface area (Å²) in [6, 6.07) is 10.7. The van der Waals surface area contributed by atoms with Crippen LogP contribution in [0.3, 0.4) is 0 Å². The Morgan fingerprint density at radius 3 is 2.44 bits per heavy atom. The minimum atomic E-state index is -0.444. The summed E-state index contributed by atoms with van der Waals surface area (Å²) in [6.45, 7) is 0. The first kappa shape index (κ1) is 9.17. The van der Waals surface area contributed by atoms with Crippen LogP contribution in [0.2, 0.25) is 0 Å².